The van der Waals surface area contributed by atoms with Crippen LogP contribution in [0.5, 0.6) is 23.0 Å². The van der Waals surface area contributed by atoms with Gasteiger partial charge in [-0.1, -0.05) is 12.1 Å². The first-order chi connectivity index (χ1) is 16.2. The van der Waals surface area contributed by atoms with Gasteiger partial charge in [-0.25, -0.2) is 0 Å². The van der Waals surface area contributed by atoms with Crippen LogP contribution >= 0.6 is 0 Å². The zero-order valence-corrected chi connectivity index (χ0v) is 18.2. The molecule has 35 heavy (non-hydrogen) atoms. The van der Waals surface area contributed by atoms with Gasteiger partial charge in [-0.05, 0) is 36.4 Å². The third-order valence-electron chi connectivity index (χ3n) is 5.37. The molecule has 0 bridgehead atoms. The van der Waals surface area contributed by atoms with E-state index < -0.39 is 33.5 Å². The van der Waals surface area contributed by atoms with E-state index in [0.717, 1.165) is 24.3 Å². The zero-order valence-electron chi connectivity index (χ0n) is 17.4. The summed E-state index contributed by atoms with van der Waals surface area (Å²) < 4.78 is 115. The summed E-state index contributed by atoms with van der Waals surface area (Å²) in [6.07, 6.45) is -4.93. The van der Waals surface area contributed by atoms with Gasteiger partial charge in [-0.3, -0.25) is 0 Å². The highest BCUT2D eigenvalue weighted by Crippen LogP contribution is 2.48. The van der Waals surface area contributed by atoms with E-state index in [2.05, 4.69) is 8.92 Å². The Morgan fingerprint density at radius 2 is 1.57 bits per heavy atom. The minimum atomic E-state index is -5.91. The zero-order chi connectivity index (χ0) is 25.3. The fraction of sp³-hybridized carbons (Fsp3) is 0.136. The Labute approximate surface area is 193 Å². The van der Waals surface area contributed by atoms with E-state index in [-0.39, 0.29) is 16.8 Å². The standard InChI is InChI=1S/C22H12F6NO5S/c1-29-16-10-12(34-35(30,31)22(26,27)28)5-7-13(16)14-3-2-4-18-19(14)20(29)15-9-11(33-21(23,24)25)6-8-17(15)32-18/h2-10H,1H3/q+1. The Morgan fingerprint density at radius 1 is 0.857 bits per heavy atom. The Hall–Kier alpha value is -3.74. The largest absolute Gasteiger partial charge is 0.573 e. The summed E-state index contributed by atoms with van der Waals surface area (Å²) in [4.78, 5) is 0. The average Bonchev–Trinajstić information content (AvgIpc) is 2.74. The molecule has 4 aromatic rings. The normalized spacial score (nSPS) is 13.5. The number of nitrogens with zero attached hydrogens (tertiary/aromatic N) is 1. The van der Waals surface area contributed by atoms with Crippen molar-refractivity contribution in [3.63, 3.8) is 0 Å². The van der Waals surface area contributed by atoms with E-state index in [9.17, 15) is 34.8 Å². The van der Waals surface area contributed by atoms with Crippen molar-refractivity contribution >= 4 is 31.8 Å². The van der Waals surface area contributed by atoms with Crippen molar-refractivity contribution in [2.24, 2.45) is 7.05 Å². The maximum Gasteiger partial charge on any atom is 0.573 e. The molecule has 3 aromatic carbocycles. The maximum atomic E-state index is 12.8. The molecule has 1 aliphatic heterocycles. The number of fused-ring (bicyclic) bond motifs is 4. The number of halogens is 6. The predicted octanol–water partition coefficient (Wildman–Crippen LogP) is 5.72. The minimum absolute atomic E-state index is 0.224. The van der Waals surface area contributed by atoms with Gasteiger partial charge in [0, 0.05) is 5.39 Å². The molecule has 1 aromatic heterocycles. The molecular weight excluding hydrogens is 504 g/mol. The van der Waals surface area contributed by atoms with Crippen molar-refractivity contribution in [1.29, 1.82) is 0 Å². The Bertz CT molecular complexity index is 1630. The molecule has 0 saturated heterocycles. The van der Waals surface area contributed by atoms with E-state index in [4.69, 9.17) is 4.74 Å². The second kappa shape index (κ2) is 7.38. The van der Waals surface area contributed by atoms with Gasteiger partial charge < -0.3 is 13.7 Å². The topological polar surface area (TPSA) is 65.7 Å². The summed E-state index contributed by atoms with van der Waals surface area (Å²) in [6.45, 7) is 0. The van der Waals surface area contributed by atoms with E-state index in [1.807, 2.05) is 0 Å². The van der Waals surface area contributed by atoms with Gasteiger partial charge in [0.1, 0.15) is 30.0 Å². The average molecular weight is 516 g/mol. The summed E-state index contributed by atoms with van der Waals surface area (Å²) in [5.74, 6) is -0.455. The number of alkyl halides is 6. The first kappa shape index (κ1) is 23.0. The third-order valence-corrected chi connectivity index (χ3v) is 6.35. The molecule has 0 amide bonds. The van der Waals surface area contributed by atoms with Crippen molar-refractivity contribution in [3.8, 4) is 34.3 Å². The van der Waals surface area contributed by atoms with Crippen molar-refractivity contribution in [2.45, 2.75) is 11.9 Å². The lowest BCUT2D eigenvalue weighted by molar-refractivity contribution is -0.632. The van der Waals surface area contributed by atoms with Crippen LogP contribution < -0.4 is 18.2 Å². The number of aromatic nitrogens is 1. The Morgan fingerprint density at radius 3 is 2.26 bits per heavy atom. The second-order valence-corrected chi connectivity index (χ2v) is 9.09. The van der Waals surface area contributed by atoms with Crippen LogP contribution in [0.1, 0.15) is 0 Å². The van der Waals surface area contributed by atoms with Crippen LogP contribution in [0.3, 0.4) is 0 Å². The molecule has 182 valence electrons. The summed E-state index contributed by atoms with van der Waals surface area (Å²) >= 11 is 0. The quantitative estimate of drug-likeness (QED) is 0.101. The number of benzene rings is 3. The fourth-order valence-corrected chi connectivity index (χ4v) is 4.48. The van der Waals surface area contributed by atoms with Gasteiger partial charge >= 0.3 is 22.0 Å². The molecule has 2 heterocycles. The number of rotatable bonds is 3. The van der Waals surface area contributed by atoms with Crippen LogP contribution in [-0.2, 0) is 17.2 Å². The van der Waals surface area contributed by atoms with Crippen LogP contribution in [-0.4, -0.2) is 20.3 Å². The summed E-state index contributed by atoms with van der Waals surface area (Å²) in [5.41, 5.74) is -4.75. The molecule has 5 rings (SSSR count). The van der Waals surface area contributed by atoms with Crippen LogP contribution in [0, 0.1) is 0 Å². The van der Waals surface area contributed by atoms with Gasteiger partial charge in [-0.15, -0.1) is 13.2 Å². The van der Waals surface area contributed by atoms with Gasteiger partial charge in [-0.2, -0.15) is 26.2 Å². The number of hydrogen-bond acceptors (Lipinski definition) is 5. The number of pyridine rings is 1. The number of aryl methyl sites for hydroxylation is 1. The van der Waals surface area contributed by atoms with Crippen LogP contribution in [0.15, 0.2) is 54.6 Å². The third kappa shape index (κ3) is 3.85. The van der Waals surface area contributed by atoms with E-state index in [0.29, 0.717) is 27.6 Å². The van der Waals surface area contributed by atoms with Crippen molar-refractivity contribution in [3.05, 3.63) is 54.6 Å². The van der Waals surface area contributed by atoms with Gasteiger partial charge in [0.05, 0.1) is 22.4 Å². The summed E-state index contributed by atoms with van der Waals surface area (Å²) in [7, 11) is -4.38. The molecule has 0 radical (unpaired) electrons. The van der Waals surface area contributed by atoms with E-state index in [1.165, 1.54) is 23.7 Å². The monoisotopic (exact) mass is 516 g/mol. The highest BCUT2D eigenvalue weighted by molar-refractivity contribution is 7.88. The van der Waals surface area contributed by atoms with Gasteiger partial charge in [0.15, 0.2) is 0 Å². The summed E-state index contributed by atoms with van der Waals surface area (Å²) in [6, 6.07) is 12.1. The smallest absolute Gasteiger partial charge is 0.456 e. The highest BCUT2D eigenvalue weighted by Gasteiger charge is 2.48. The SMILES string of the molecule is C[n+]1c2c3c(cccc3c3ccc(OS(=O)(=O)C(F)(F)F)cc31)Oc1ccc(OC(F)(F)F)cc1-2. The lowest BCUT2D eigenvalue weighted by Gasteiger charge is -2.21. The Kier molecular flexibility index (Phi) is 4.85. The molecule has 1 aliphatic rings. The number of ether oxygens (including phenoxy) is 2. The minimum Gasteiger partial charge on any atom is -0.456 e. The van der Waals surface area contributed by atoms with Crippen molar-refractivity contribution in [2.75, 3.05) is 0 Å². The highest BCUT2D eigenvalue weighted by atomic mass is 32.2. The molecule has 0 aliphatic carbocycles. The predicted molar refractivity (Wildman–Crippen MR) is 110 cm³/mol. The molecule has 0 N–H and O–H groups in total. The number of hydrogen-bond donors (Lipinski definition) is 0. The lowest BCUT2D eigenvalue weighted by atomic mass is 9.96. The van der Waals surface area contributed by atoms with E-state index in [1.54, 1.807) is 18.2 Å². The van der Waals surface area contributed by atoms with Crippen molar-refractivity contribution < 1.29 is 53.0 Å². The fourth-order valence-electron chi connectivity index (χ4n) is 4.03. The first-order valence-electron chi connectivity index (χ1n) is 9.72. The molecule has 0 spiro atoms. The second-order valence-electron chi connectivity index (χ2n) is 7.56. The van der Waals surface area contributed by atoms with E-state index >= 15 is 0 Å². The van der Waals surface area contributed by atoms with Crippen LogP contribution in [0.25, 0.3) is 32.9 Å². The molecule has 0 unspecified atom stereocenters. The van der Waals surface area contributed by atoms with Crippen molar-refractivity contribution in [1.82, 2.24) is 0 Å². The van der Waals surface area contributed by atoms with Gasteiger partial charge in [0.2, 0.25) is 11.2 Å². The molecule has 0 fully saturated rings. The summed E-state index contributed by atoms with van der Waals surface area (Å²) in [5, 5.41) is 1.62. The van der Waals surface area contributed by atoms with Crippen LogP contribution in [0.2, 0.25) is 0 Å². The maximum absolute atomic E-state index is 12.8. The lowest BCUT2D eigenvalue weighted by Crippen LogP contribution is -2.33. The van der Waals surface area contributed by atoms with Crippen LogP contribution in [0.4, 0.5) is 26.3 Å². The molecule has 0 atom stereocenters. The molecule has 6 nitrogen and oxygen atoms in total. The van der Waals surface area contributed by atoms with Gasteiger partial charge in [0.25, 0.3) is 0 Å². The first-order valence-corrected chi connectivity index (χ1v) is 11.1. The molecule has 13 heteroatoms. The molecule has 0 saturated carbocycles. The molecular formula is C22H12F6NO5S+. The Balaban J connectivity index is 1.77.